The third-order valence-corrected chi connectivity index (χ3v) is 4.48. The predicted octanol–water partition coefficient (Wildman–Crippen LogP) is 1.73. The Kier molecular flexibility index (Phi) is 4.27. The molecule has 1 saturated heterocycles. The van der Waals surface area contributed by atoms with Gasteiger partial charge in [-0.3, -0.25) is 4.98 Å². The van der Waals surface area contributed by atoms with Crippen LogP contribution < -0.4 is 5.32 Å². The first-order valence-electron chi connectivity index (χ1n) is 6.79. The predicted molar refractivity (Wildman–Crippen MR) is 77.5 cm³/mol. The van der Waals surface area contributed by atoms with Gasteiger partial charge in [0.2, 0.25) is 11.7 Å². The van der Waals surface area contributed by atoms with Crippen molar-refractivity contribution in [3.8, 4) is 11.5 Å². The van der Waals surface area contributed by atoms with Gasteiger partial charge in [0.15, 0.2) is 0 Å². The summed E-state index contributed by atoms with van der Waals surface area (Å²) in [4.78, 5) is 12.7. The van der Waals surface area contributed by atoms with E-state index in [1.165, 1.54) is 0 Å². The van der Waals surface area contributed by atoms with Crippen molar-refractivity contribution in [3.05, 3.63) is 24.5 Å². The second-order valence-corrected chi connectivity index (χ2v) is 5.83. The normalized spacial score (nSPS) is 22.2. The number of aromatic nitrogens is 4. The van der Waals surface area contributed by atoms with Crippen LogP contribution in [-0.2, 0) is 0 Å². The maximum absolute atomic E-state index is 5.43. The molecule has 3 rings (SSSR count). The molecule has 0 aliphatic carbocycles. The van der Waals surface area contributed by atoms with E-state index in [0.717, 1.165) is 24.5 Å². The molecule has 6 nitrogen and oxygen atoms in total. The molecule has 1 aliphatic heterocycles. The molecule has 20 heavy (non-hydrogen) atoms. The Balaban J connectivity index is 1.76. The van der Waals surface area contributed by atoms with Crippen molar-refractivity contribution in [1.82, 2.24) is 25.4 Å². The summed E-state index contributed by atoms with van der Waals surface area (Å²) in [6.07, 6.45) is 6.03. The van der Waals surface area contributed by atoms with Crippen LogP contribution >= 0.6 is 11.8 Å². The van der Waals surface area contributed by atoms with E-state index in [-0.39, 0.29) is 5.92 Å². The monoisotopic (exact) mass is 291 g/mol. The maximum atomic E-state index is 5.43. The molecule has 0 aromatic carbocycles. The lowest BCUT2D eigenvalue weighted by Crippen LogP contribution is -2.34. The number of thioether (sulfide) groups is 1. The zero-order chi connectivity index (χ0) is 13.8. The van der Waals surface area contributed by atoms with Gasteiger partial charge in [-0.05, 0) is 13.0 Å². The molecule has 106 valence electrons. The van der Waals surface area contributed by atoms with E-state index in [1.54, 1.807) is 18.6 Å². The van der Waals surface area contributed by atoms with Crippen molar-refractivity contribution in [3.63, 3.8) is 0 Å². The Morgan fingerprint density at radius 3 is 3.15 bits per heavy atom. The van der Waals surface area contributed by atoms with Crippen LogP contribution in [0.1, 0.15) is 25.2 Å². The maximum Gasteiger partial charge on any atom is 0.232 e. The SMILES string of the molecule is CCCNC1CSCC1c1nc(-c2cnccn2)no1. The topological polar surface area (TPSA) is 76.7 Å². The van der Waals surface area contributed by atoms with Gasteiger partial charge >= 0.3 is 0 Å². The van der Waals surface area contributed by atoms with Gasteiger partial charge in [-0.1, -0.05) is 12.1 Å². The smallest absolute Gasteiger partial charge is 0.232 e. The average Bonchev–Trinajstić information content (AvgIpc) is 3.14. The van der Waals surface area contributed by atoms with Crippen molar-refractivity contribution in [1.29, 1.82) is 0 Å². The molecule has 1 N–H and O–H groups in total. The molecule has 2 aromatic rings. The quantitative estimate of drug-likeness (QED) is 0.898. The fourth-order valence-corrected chi connectivity index (χ4v) is 3.60. The Bertz CT molecular complexity index is 547. The third kappa shape index (κ3) is 2.83. The van der Waals surface area contributed by atoms with Crippen molar-refractivity contribution < 1.29 is 4.52 Å². The second kappa shape index (κ2) is 6.32. The van der Waals surface area contributed by atoms with E-state index in [0.29, 0.717) is 23.5 Å². The molecule has 1 aliphatic rings. The zero-order valence-corrected chi connectivity index (χ0v) is 12.1. The summed E-state index contributed by atoms with van der Waals surface area (Å²) in [5, 5.41) is 7.57. The highest BCUT2D eigenvalue weighted by atomic mass is 32.2. The first kappa shape index (κ1) is 13.5. The number of nitrogens with one attached hydrogen (secondary N) is 1. The van der Waals surface area contributed by atoms with E-state index in [1.807, 2.05) is 11.8 Å². The highest BCUT2D eigenvalue weighted by Crippen LogP contribution is 2.32. The summed E-state index contributed by atoms with van der Waals surface area (Å²) in [6, 6.07) is 0.412. The molecule has 0 bridgehead atoms. The highest BCUT2D eigenvalue weighted by Gasteiger charge is 2.33. The van der Waals surface area contributed by atoms with Crippen LogP contribution in [0.25, 0.3) is 11.5 Å². The molecule has 2 atom stereocenters. The van der Waals surface area contributed by atoms with E-state index in [4.69, 9.17) is 4.52 Å². The van der Waals surface area contributed by atoms with Gasteiger partial charge in [-0.2, -0.15) is 16.7 Å². The Morgan fingerprint density at radius 1 is 1.40 bits per heavy atom. The standard InChI is InChI=1S/C13H17N5OS/c1-2-3-15-11-8-20-7-9(11)13-17-12(18-19-13)10-6-14-4-5-16-10/h4-6,9,11,15H,2-3,7-8H2,1H3. The minimum Gasteiger partial charge on any atom is -0.339 e. The van der Waals surface area contributed by atoms with Crippen molar-refractivity contribution >= 4 is 11.8 Å². The summed E-state index contributed by atoms with van der Waals surface area (Å²) in [5.74, 6) is 3.60. The van der Waals surface area contributed by atoms with Crippen LogP contribution in [-0.4, -0.2) is 44.2 Å². The number of hydrogen-bond donors (Lipinski definition) is 1. The van der Waals surface area contributed by atoms with E-state index in [2.05, 4.69) is 32.3 Å². The van der Waals surface area contributed by atoms with Gasteiger partial charge in [0.25, 0.3) is 0 Å². The fraction of sp³-hybridized carbons (Fsp3) is 0.538. The van der Waals surface area contributed by atoms with Gasteiger partial charge in [0, 0.05) is 29.9 Å². The Hall–Kier alpha value is -1.47. The third-order valence-electron chi connectivity index (χ3n) is 3.29. The van der Waals surface area contributed by atoms with Crippen molar-refractivity contribution in [2.24, 2.45) is 0 Å². The fourth-order valence-electron chi connectivity index (χ4n) is 2.23. The summed E-state index contributed by atoms with van der Waals surface area (Å²) < 4.78 is 5.43. The molecule has 0 amide bonds. The molecule has 2 aromatic heterocycles. The van der Waals surface area contributed by atoms with Gasteiger partial charge in [0.05, 0.1) is 12.1 Å². The average molecular weight is 291 g/mol. The highest BCUT2D eigenvalue weighted by molar-refractivity contribution is 7.99. The minimum absolute atomic E-state index is 0.282. The van der Waals surface area contributed by atoms with E-state index in [9.17, 15) is 0 Å². The Morgan fingerprint density at radius 2 is 2.35 bits per heavy atom. The largest absolute Gasteiger partial charge is 0.339 e. The van der Waals surface area contributed by atoms with Crippen LogP contribution in [0.4, 0.5) is 0 Å². The second-order valence-electron chi connectivity index (χ2n) is 4.75. The van der Waals surface area contributed by atoms with Gasteiger partial charge in [0.1, 0.15) is 5.69 Å². The molecule has 7 heteroatoms. The zero-order valence-electron chi connectivity index (χ0n) is 11.3. The molecule has 2 unspecified atom stereocenters. The Labute approximate surface area is 121 Å². The van der Waals surface area contributed by atoms with Gasteiger partial charge in [-0.15, -0.1) is 0 Å². The first-order valence-corrected chi connectivity index (χ1v) is 7.95. The van der Waals surface area contributed by atoms with Crippen LogP contribution in [0.5, 0.6) is 0 Å². The molecule has 0 radical (unpaired) electrons. The molecule has 0 spiro atoms. The summed E-state index contributed by atoms with van der Waals surface area (Å²) in [7, 11) is 0. The van der Waals surface area contributed by atoms with Crippen molar-refractivity contribution in [2.45, 2.75) is 25.3 Å². The van der Waals surface area contributed by atoms with Gasteiger partial charge in [-0.25, -0.2) is 4.98 Å². The lowest BCUT2D eigenvalue weighted by molar-refractivity contribution is 0.339. The molecular formula is C13H17N5OS. The van der Waals surface area contributed by atoms with Crippen LogP contribution in [0.2, 0.25) is 0 Å². The number of rotatable bonds is 5. The molecule has 1 fully saturated rings. The van der Waals surface area contributed by atoms with Crippen LogP contribution in [0.15, 0.2) is 23.1 Å². The molecule has 0 saturated carbocycles. The molecular weight excluding hydrogens is 274 g/mol. The van der Waals surface area contributed by atoms with Crippen LogP contribution in [0, 0.1) is 0 Å². The lowest BCUT2D eigenvalue weighted by atomic mass is 10.0. The van der Waals surface area contributed by atoms with Crippen LogP contribution in [0.3, 0.4) is 0 Å². The molecule has 3 heterocycles. The number of nitrogens with zero attached hydrogens (tertiary/aromatic N) is 4. The summed E-state index contributed by atoms with van der Waals surface area (Å²) >= 11 is 1.92. The lowest BCUT2D eigenvalue weighted by Gasteiger charge is -2.16. The van der Waals surface area contributed by atoms with E-state index < -0.39 is 0 Å². The van der Waals surface area contributed by atoms with Gasteiger partial charge < -0.3 is 9.84 Å². The first-order chi connectivity index (χ1) is 9.88. The summed E-state index contributed by atoms with van der Waals surface area (Å²) in [5.41, 5.74) is 0.645. The minimum atomic E-state index is 0.282. The number of hydrogen-bond acceptors (Lipinski definition) is 7. The summed E-state index contributed by atoms with van der Waals surface area (Å²) in [6.45, 7) is 3.19. The van der Waals surface area contributed by atoms with E-state index >= 15 is 0 Å². The van der Waals surface area contributed by atoms with Crippen molar-refractivity contribution in [2.75, 3.05) is 18.1 Å².